The Morgan fingerprint density at radius 2 is 1.79 bits per heavy atom. The predicted octanol–water partition coefficient (Wildman–Crippen LogP) is 3.07. The number of fused-ring (bicyclic) bond motifs is 1. The zero-order valence-electron chi connectivity index (χ0n) is 11.3. The highest BCUT2D eigenvalue weighted by molar-refractivity contribution is 5.93. The van der Waals surface area contributed by atoms with E-state index in [1.165, 1.54) is 42.3 Å². The van der Waals surface area contributed by atoms with Gasteiger partial charge in [-0.15, -0.1) is 0 Å². The number of nitrogens with zero attached hydrogens (tertiary/aromatic N) is 2. The van der Waals surface area contributed by atoms with Gasteiger partial charge in [-0.1, -0.05) is 31.0 Å². The first-order valence-electron chi connectivity index (χ1n) is 7.22. The van der Waals surface area contributed by atoms with E-state index in [2.05, 4.69) is 28.1 Å². The largest absolute Gasteiger partial charge is 0.371 e. The number of hydrogen-bond acceptors (Lipinski definition) is 3. The van der Waals surface area contributed by atoms with Crippen molar-refractivity contribution in [1.82, 2.24) is 4.98 Å². The number of rotatable bonds is 2. The molecular formula is C16H21N3. The lowest BCUT2D eigenvalue weighted by Gasteiger charge is -2.26. The Morgan fingerprint density at radius 1 is 1.05 bits per heavy atom. The fourth-order valence-corrected chi connectivity index (χ4v) is 2.99. The van der Waals surface area contributed by atoms with Gasteiger partial charge in [-0.2, -0.15) is 0 Å². The average molecular weight is 255 g/mol. The van der Waals surface area contributed by atoms with E-state index in [-0.39, 0.29) is 0 Å². The van der Waals surface area contributed by atoms with Crippen molar-refractivity contribution < 1.29 is 0 Å². The summed E-state index contributed by atoms with van der Waals surface area (Å²) in [5, 5.41) is 1.24. The number of pyridine rings is 1. The summed E-state index contributed by atoms with van der Waals surface area (Å²) in [5.74, 6) is 0. The van der Waals surface area contributed by atoms with E-state index < -0.39 is 0 Å². The molecule has 1 fully saturated rings. The standard InChI is InChI=1S/C16H21N3/c17-11-13-12-18-15-8-4-3-7-14(15)16(13)19-9-5-1-2-6-10-19/h3-4,7-8,12H,1-2,5-6,9-11,17H2. The maximum atomic E-state index is 5.92. The highest BCUT2D eigenvalue weighted by atomic mass is 15.1. The summed E-state index contributed by atoms with van der Waals surface area (Å²) in [7, 11) is 0. The molecule has 0 atom stereocenters. The molecule has 0 radical (unpaired) electrons. The molecule has 0 unspecified atom stereocenters. The van der Waals surface area contributed by atoms with Crippen molar-refractivity contribution in [3.05, 3.63) is 36.0 Å². The number of para-hydroxylation sites is 1. The maximum Gasteiger partial charge on any atom is 0.0723 e. The van der Waals surface area contributed by atoms with E-state index in [0.717, 1.165) is 18.6 Å². The summed E-state index contributed by atoms with van der Waals surface area (Å²) >= 11 is 0. The normalized spacial score (nSPS) is 16.6. The molecule has 2 heterocycles. The van der Waals surface area contributed by atoms with Gasteiger partial charge in [-0.25, -0.2) is 0 Å². The molecule has 0 aliphatic carbocycles. The van der Waals surface area contributed by atoms with Crippen molar-refractivity contribution in [3.63, 3.8) is 0 Å². The summed E-state index contributed by atoms with van der Waals surface area (Å²) in [6.07, 6.45) is 7.19. The highest BCUT2D eigenvalue weighted by Gasteiger charge is 2.16. The molecule has 1 aliphatic rings. The van der Waals surface area contributed by atoms with Crippen LogP contribution in [-0.2, 0) is 6.54 Å². The molecule has 0 amide bonds. The van der Waals surface area contributed by atoms with E-state index in [1.54, 1.807) is 0 Å². The molecule has 2 N–H and O–H groups in total. The van der Waals surface area contributed by atoms with Gasteiger partial charge in [0.1, 0.15) is 0 Å². The van der Waals surface area contributed by atoms with Gasteiger partial charge in [-0.3, -0.25) is 4.98 Å². The van der Waals surface area contributed by atoms with Crippen LogP contribution >= 0.6 is 0 Å². The minimum atomic E-state index is 0.559. The monoisotopic (exact) mass is 255 g/mol. The van der Waals surface area contributed by atoms with Crippen molar-refractivity contribution in [2.75, 3.05) is 18.0 Å². The fourth-order valence-electron chi connectivity index (χ4n) is 2.99. The van der Waals surface area contributed by atoms with Crippen molar-refractivity contribution in [2.24, 2.45) is 5.73 Å². The van der Waals surface area contributed by atoms with Crippen LogP contribution in [0.1, 0.15) is 31.2 Å². The Bertz CT molecular complexity index is 557. The van der Waals surface area contributed by atoms with Crippen LogP contribution in [-0.4, -0.2) is 18.1 Å². The third-order valence-electron chi connectivity index (χ3n) is 3.97. The fraction of sp³-hybridized carbons (Fsp3) is 0.438. The smallest absolute Gasteiger partial charge is 0.0723 e. The molecule has 0 saturated carbocycles. The second-order valence-corrected chi connectivity index (χ2v) is 5.25. The van der Waals surface area contributed by atoms with Crippen LogP contribution in [0.3, 0.4) is 0 Å². The first-order chi connectivity index (χ1) is 9.40. The van der Waals surface area contributed by atoms with Crippen LogP contribution < -0.4 is 10.6 Å². The molecule has 19 heavy (non-hydrogen) atoms. The molecule has 100 valence electrons. The van der Waals surface area contributed by atoms with E-state index in [9.17, 15) is 0 Å². The summed E-state index contributed by atoms with van der Waals surface area (Å²) in [6.45, 7) is 2.84. The number of hydrogen-bond donors (Lipinski definition) is 1. The SMILES string of the molecule is NCc1cnc2ccccc2c1N1CCCCCC1. The third-order valence-corrected chi connectivity index (χ3v) is 3.97. The lowest BCUT2D eigenvalue weighted by Crippen LogP contribution is -2.26. The van der Waals surface area contributed by atoms with E-state index in [1.807, 2.05) is 12.3 Å². The zero-order chi connectivity index (χ0) is 13.1. The van der Waals surface area contributed by atoms with Gasteiger partial charge in [0.25, 0.3) is 0 Å². The van der Waals surface area contributed by atoms with Gasteiger partial charge in [0.2, 0.25) is 0 Å². The number of aromatic nitrogens is 1. The van der Waals surface area contributed by atoms with Crippen LogP contribution in [0.15, 0.2) is 30.5 Å². The van der Waals surface area contributed by atoms with E-state index >= 15 is 0 Å². The van der Waals surface area contributed by atoms with Crippen molar-refractivity contribution >= 4 is 16.6 Å². The van der Waals surface area contributed by atoms with Crippen LogP contribution in [0.4, 0.5) is 5.69 Å². The van der Waals surface area contributed by atoms with Crippen molar-refractivity contribution in [1.29, 1.82) is 0 Å². The molecule has 0 bridgehead atoms. The predicted molar refractivity (Wildman–Crippen MR) is 80.3 cm³/mol. The summed E-state index contributed by atoms with van der Waals surface area (Å²) < 4.78 is 0. The van der Waals surface area contributed by atoms with Gasteiger partial charge in [0.15, 0.2) is 0 Å². The Kier molecular flexibility index (Phi) is 3.65. The first kappa shape index (κ1) is 12.4. The second kappa shape index (κ2) is 5.57. The number of nitrogens with two attached hydrogens (primary N) is 1. The molecule has 2 aromatic rings. The lowest BCUT2D eigenvalue weighted by atomic mass is 10.1. The van der Waals surface area contributed by atoms with Crippen LogP contribution in [0, 0.1) is 0 Å². The Morgan fingerprint density at radius 3 is 2.53 bits per heavy atom. The first-order valence-corrected chi connectivity index (χ1v) is 7.22. The minimum absolute atomic E-state index is 0.559. The molecule has 3 rings (SSSR count). The number of benzene rings is 1. The average Bonchev–Trinajstić information content (AvgIpc) is 2.75. The molecule has 1 aromatic carbocycles. The molecule has 3 heteroatoms. The summed E-state index contributed by atoms with van der Waals surface area (Å²) in [5.41, 5.74) is 9.47. The molecule has 0 spiro atoms. The highest BCUT2D eigenvalue weighted by Crippen LogP contribution is 2.31. The Hall–Kier alpha value is -1.61. The number of anilines is 1. The minimum Gasteiger partial charge on any atom is -0.371 e. The van der Waals surface area contributed by atoms with Gasteiger partial charge >= 0.3 is 0 Å². The molecule has 3 nitrogen and oxygen atoms in total. The maximum absolute atomic E-state index is 5.92. The van der Waals surface area contributed by atoms with Gasteiger partial charge in [-0.05, 0) is 18.9 Å². The second-order valence-electron chi connectivity index (χ2n) is 5.25. The van der Waals surface area contributed by atoms with Crippen molar-refractivity contribution in [2.45, 2.75) is 32.2 Å². The summed E-state index contributed by atoms with van der Waals surface area (Å²) in [6, 6.07) is 8.38. The van der Waals surface area contributed by atoms with Gasteiger partial charge in [0, 0.05) is 36.8 Å². The third kappa shape index (κ3) is 2.43. The summed E-state index contributed by atoms with van der Waals surface area (Å²) in [4.78, 5) is 7.04. The van der Waals surface area contributed by atoms with Crippen LogP contribution in [0.2, 0.25) is 0 Å². The Labute approximate surface area is 114 Å². The van der Waals surface area contributed by atoms with E-state index in [4.69, 9.17) is 5.73 Å². The zero-order valence-corrected chi connectivity index (χ0v) is 11.3. The van der Waals surface area contributed by atoms with Crippen LogP contribution in [0.25, 0.3) is 10.9 Å². The molecule has 1 aliphatic heterocycles. The van der Waals surface area contributed by atoms with Gasteiger partial charge in [0.05, 0.1) is 11.2 Å². The molecular weight excluding hydrogens is 234 g/mol. The van der Waals surface area contributed by atoms with Crippen molar-refractivity contribution in [3.8, 4) is 0 Å². The van der Waals surface area contributed by atoms with Gasteiger partial charge < -0.3 is 10.6 Å². The quantitative estimate of drug-likeness (QED) is 0.896. The molecule has 1 aromatic heterocycles. The topological polar surface area (TPSA) is 42.1 Å². The van der Waals surface area contributed by atoms with Crippen LogP contribution in [0.5, 0.6) is 0 Å². The lowest BCUT2D eigenvalue weighted by molar-refractivity contribution is 0.726. The Balaban J connectivity index is 2.12. The molecule has 1 saturated heterocycles. The van der Waals surface area contributed by atoms with E-state index in [0.29, 0.717) is 6.54 Å².